The molecule has 1 saturated heterocycles. The number of halogens is 5. The standard InChI is InChI=1S/C24H24Cl2F3N3O2S.CH5N/c1-2-35-20-7-6-16(25)10-15(20)12-32-14-30-22-17(23(32)33)11-19(34-24(27,28)29)18(21(22)26)13-31-8-4-3-5-9-31;1-2/h6-7,10-11,14H,2-5,8-9,12-13H2,1H3;2H2,1H3. The molecule has 2 N–H and O–H groups in total. The van der Waals surface area contributed by atoms with E-state index in [1.807, 2.05) is 17.9 Å². The summed E-state index contributed by atoms with van der Waals surface area (Å²) in [5.74, 6) is 0.356. The van der Waals surface area contributed by atoms with Gasteiger partial charge in [0, 0.05) is 22.0 Å². The molecule has 12 heteroatoms. The third kappa shape index (κ3) is 7.54. The molecule has 2 aromatic carbocycles. The van der Waals surface area contributed by atoms with Gasteiger partial charge in [0.1, 0.15) is 5.75 Å². The van der Waals surface area contributed by atoms with E-state index in [-0.39, 0.29) is 34.6 Å². The summed E-state index contributed by atoms with van der Waals surface area (Å²) in [5, 5.41) is 0.487. The van der Waals surface area contributed by atoms with Crippen molar-refractivity contribution in [2.24, 2.45) is 5.73 Å². The summed E-state index contributed by atoms with van der Waals surface area (Å²) in [6.45, 7) is 3.87. The van der Waals surface area contributed by atoms with Gasteiger partial charge in [0.2, 0.25) is 0 Å². The molecule has 0 bridgehead atoms. The van der Waals surface area contributed by atoms with Gasteiger partial charge in [0.05, 0.1) is 28.8 Å². The Morgan fingerprint density at radius 1 is 1.11 bits per heavy atom. The highest BCUT2D eigenvalue weighted by Crippen LogP contribution is 2.37. The lowest BCUT2D eigenvalue weighted by Gasteiger charge is -2.28. The lowest BCUT2D eigenvalue weighted by atomic mass is 10.1. The van der Waals surface area contributed by atoms with Crippen molar-refractivity contribution in [3.8, 4) is 5.75 Å². The Balaban J connectivity index is 0.00000186. The van der Waals surface area contributed by atoms with Crippen LogP contribution in [0, 0.1) is 0 Å². The Hall–Kier alpha value is -1.98. The zero-order valence-corrected chi connectivity index (χ0v) is 22.9. The summed E-state index contributed by atoms with van der Waals surface area (Å²) in [7, 11) is 1.50. The molecule has 0 saturated carbocycles. The van der Waals surface area contributed by atoms with Gasteiger partial charge in [-0.1, -0.05) is 36.5 Å². The maximum absolute atomic E-state index is 13.3. The van der Waals surface area contributed by atoms with Gasteiger partial charge in [0.15, 0.2) is 0 Å². The second-order valence-electron chi connectivity index (χ2n) is 8.31. The van der Waals surface area contributed by atoms with Crippen LogP contribution in [0.25, 0.3) is 10.9 Å². The third-order valence-electron chi connectivity index (χ3n) is 5.84. The van der Waals surface area contributed by atoms with Crippen LogP contribution in [-0.4, -0.2) is 46.7 Å². The molecule has 3 aromatic rings. The largest absolute Gasteiger partial charge is 0.573 e. The highest BCUT2D eigenvalue weighted by molar-refractivity contribution is 7.99. The molecule has 1 aromatic heterocycles. The van der Waals surface area contributed by atoms with Gasteiger partial charge in [-0.2, -0.15) is 0 Å². The number of fused-ring (bicyclic) bond motifs is 1. The number of hydrogen-bond donors (Lipinski definition) is 1. The van der Waals surface area contributed by atoms with Crippen LogP contribution in [0.15, 0.2) is 40.3 Å². The summed E-state index contributed by atoms with van der Waals surface area (Å²) in [4.78, 5) is 20.7. The van der Waals surface area contributed by atoms with E-state index in [0.717, 1.165) is 54.6 Å². The number of hydrogen-bond acceptors (Lipinski definition) is 6. The normalized spacial score (nSPS) is 14.4. The molecule has 0 aliphatic carbocycles. The van der Waals surface area contributed by atoms with Crippen molar-refractivity contribution in [1.29, 1.82) is 0 Å². The van der Waals surface area contributed by atoms with Crippen LogP contribution in [0.3, 0.4) is 0 Å². The summed E-state index contributed by atoms with van der Waals surface area (Å²) in [6.07, 6.45) is -0.550. The minimum absolute atomic E-state index is 0.00144. The molecule has 1 fully saturated rings. The van der Waals surface area contributed by atoms with Crippen molar-refractivity contribution in [1.82, 2.24) is 14.5 Å². The molecular formula is C25H29Cl2F3N4O2S. The SMILES string of the molecule is CCSc1ccc(Cl)cc1Cn1cnc2c(Cl)c(CN3CCCCC3)c(OC(F)(F)F)cc2c1=O.CN. The predicted molar refractivity (Wildman–Crippen MR) is 144 cm³/mol. The molecule has 0 atom stereocenters. The van der Waals surface area contributed by atoms with Crippen molar-refractivity contribution in [2.75, 3.05) is 25.9 Å². The second-order valence-corrected chi connectivity index (χ2v) is 10.4. The molecule has 0 amide bonds. The van der Waals surface area contributed by atoms with Crippen molar-refractivity contribution in [3.63, 3.8) is 0 Å². The number of thioether (sulfide) groups is 1. The van der Waals surface area contributed by atoms with Gasteiger partial charge in [-0.25, -0.2) is 4.98 Å². The predicted octanol–water partition coefficient (Wildman–Crippen LogP) is 6.32. The Morgan fingerprint density at radius 3 is 2.46 bits per heavy atom. The molecule has 1 aliphatic heterocycles. The smallest absolute Gasteiger partial charge is 0.405 e. The maximum Gasteiger partial charge on any atom is 0.573 e. The first-order chi connectivity index (χ1) is 17.7. The molecule has 202 valence electrons. The van der Waals surface area contributed by atoms with Crippen LogP contribution >= 0.6 is 35.0 Å². The zero-order chi connectivity index (χ0) is 27.2. The van der Waals surface area contributed by atoms with E-state index in [1.165, 1.54) is 17.9 Å². The van der Waals surface area contributed by atoms with E-state index in [0.29, 0.717) is 5.02 Å². The van der Waals surface area contributed by atoms with Gasteiger partial charge in [-0.05, 0) is 68.6 Å². The number of aromatic nitrogens is 2. The molecular weight excluding hydrogens is 548 g/mol. The van der Waals surface area contributed by atoms with Crippen molar-refractivity contribution >= 4 is 45.9 Å². The number of nitrogens with zero attached hydrogens (tertiary/aromatic N) is 3. The minimum atomic E-state index is -4.93. The van der Waals surface area contributed by atoms with E-state index >= 15 is 0 Å². The maximum atomic E-state index is 13.3. The summed E-state index contributed by atoms with van der Waals surface area (Å²) >= 11 is 14.3. The van der Waals surface area contributed by atoms with E-state index in [9.17, 15) is 18.0 Å². The summed E-state index contributed by atoms with van der Waals surface area (Å²) in [6, 6.07) is 6.53. The van der Waals surface area contributed by atoms with Crippen molar-refractivity contribution < 1.29 is 17.9 Å². The van der Waals surface area contributed by atoms with Gasteiger partial charge in [-0.3, -0.25) is 14.3 Å². The highest BCUT2D eigenvalue weighted by atomic mass is 35.5. The molecule has 6 nitrogen and oxygen atoms in total. The molecule has 2 heterocycles. The van der Waals surface area contributed by atoms with Gasteiger partial charge in [-0.15, -0.1) is 24.9 Å². The van der Waals surface area contributed by atoms with Crippen LogP contribution in [0.4, 0.5) is 13.2 Å². The first kappa shape index (κ1) is 29.6. The average Bonchev–Trinajstić information content (AvgIpc) is 2.86. The fraction of sp³-hybridized carbons (Fsp3) is 0.440. The zero-order valence-electron chi connectivity index (χ0n) is 20.6. The van der Waals surface area contributed by atoms with Crippen molar-refractivity contribution in [3.05, 3.63) is 62.1 Å². The molecule has 0 radical (unpaired) electrons. The van der Waals surface area contributed by atoms with E-state index in [2.05, 4.69) is 15.5 Å². The average molecular weight is 578 g/mol. The Labute approximate surface area is 227 Å². The Bertz CT molecular complexity index is 1280. The second kappa shape index (κ2) is 13.2. The van der Waals surface area contributed by atoms with Crippen LogP contribution in [-0.2, 0) is 13.1 Å². The van der Waals surface area contributed by atoms with Gasteiger partial charge < -0.3 is 10.5 Å². The number of piperidine rings is 1. The third-order valence-corrected chi connectivity index (χ3v) is 7.48. The molecule has 0 unspecified atom stereocenters. The Morgan fingerprint density at radius 2 is 1.81 bits per heavy atom. The van der Waals surface area contributed by atoms with Gasteiger partial charge >= 0.3 is 6.36 Å². The molecule has 37 heavy (non-hydrogen) atoms. The first-order valence-electron chi connectivity index (χ1n) is 11.8. The topological polar surface area (TPSA) is 73.4 Å². The quantitative estimate of drug-likeness (QED) is 0.332. The summed E-state index contributed by atoms with van der Waals surface area (Å²) < 4.78 is 45.5. The van der Waals surface area contributed by atoms with E-state index in [1.54, 1.807) is 23.9 Å². The van der Waals surface area contributed by atoms with Crippen LogP contribution < -0.4 is 16.0 Å². The molecule has 0 spiro atoms. The van der Waals surface area contributed by atoms with E-state index < -0.39 is 17.7 Å². The summed E-state index contributed by atoms with van der Waals surface area (Å²) in [5.41, 5.74) is 5.14. The Kier molecular flexibility index (Phi) is 10.5. The fourth-order valence-electron chi connectivity index (χ4n) is 4.25. The number of benzene rings is 2. The van der Waals surface area contributed by atoms with Crippen LogP contribution in [0.2, 0.25) is 10.0 Å². The monoisotopic (exact) mass is 576 g/mol. The first-order valence-corrected chi connectivity index (χ1v) is 13.6. The van der Waals surface area contributed by atoms with Crippen molar-refractivity contribution in [2.45, 2.75) is 50.5 Å². The van der Waals surface area contributed by atoms with E-state index in [4.69, 9.17) is 23.2 Å². The lowest BCUT2D eigenvalue weighted by molar-refractivity contribution is -0.274. The number of nitrogens with two attached hydrogens (primary N) is 1. The lowest BCUT2D eigenvalue weighted by Crippen LogP contribution is -2.30. The number of likely N-dealkylation sites (tertiary alicyclic amines) is 1. The number of alkyl halides is 3. The molecule has 4 rings (SSSR count). The number of ether oxygens (including phenoxy) is 1. The number of rotatable bonds is 7. The highest BCUT2D eigenvalue weighted by Gasteiger charge is 2.34. The molecule has 1 aliphatic rings. The van der Waals surface area contributed by atoms with Crippen LogP contribution in [0.1, 0.15) is 37.3 Å². The fourth-order valence-corrected chi connectivity index (χ4v) is 5.53. The van der Waals surface area contributed by atoms with Crippen LogP contribution in [0.5, 0.6) is 5.75 Å². The minimum Gasteiger partial charge on any atom is -0.405 e. The van der Waals surface area contributed by atoms with Gasteiger partial charge in [0.25, 0.3) is 5.56 Å².